The van der Waals surface area contributed by atoms with Crippen LogP contribution in [0.4, 0.5) is 0 Å². The molecular formula is C28H32Br2O2. The molecule has 2 nitrogen and oxygen atoms in total. The summed E-state index contributed by atoms with van der Waals surface area (Å²) in [6.45, 7) is 5.99. The van der Waals surface area contributed by atoms with Crippen LogP contribution in [0.5, 0.6) is 11.5 Å². The highest BCUT2D eigenvalue weighted by atomic mass is 79.9. The molecule has 0 atom stereocenters. The van der Waals surface area contributed by atoms with E-state index in [0.29, 0.717) is 0 Å². The minimum Gasteiger partial charge on any atom is -0.492 e. The van der Waals surface area contributed by atoms with Crippen molar-refractivity contribution in [3.8, 4) is 11.5 Å². The van der Waals surface area contributed by atoms with E-state index in [1.165, 1.54) is 70.8 Å². The van der Waals surface area contributed by atoms with Gasteiger partial charge in [0.05, 0.1) is 22.2 Å². The average molecular weight is 560 g/mol. The molecule has 4 heteroatoms. The second kappa shape index (κ2) is 11.1. The molecule has 0 aliphatic carbocycles. The molecule has 170 valence electrons. The number of hydrogen-bond acceptors (Lipinski definition) is 2. The lowest BCUT2D eigenvalue weighted by Gasteiger charge is -2.18. The Labute approximate surface area is 208 Å². The quantitative estimate of drug-likeness (QED) is 0.127. The summed E-state index contributed by atoms with van der Waals surface area (Å²) in [6.07, 6.45) is 9.66. The van der Waals surface area contributed by atoms with Crippen LogP contribution in [0.25, 0.3) is 32.3 Å². The summed E-state index contributed by atoms with van der Waals surface area (Å²) in [5.74, 6) is 1.87. The summed E-state index contributed by atoms with van der Waals surface area (Å²) in [7, 11) is 0. The van der Waals surface area contributed by atoms with Gasteiger partial charge in [-0.25, -0.2) is 0 Å². The van der Waals surface area contributed by atoms with Gasteiger partial charge in [-0.2, -0.15) is 0 Å². The highest BCUT2D eigenvalue weighted by Gasteiger charge is 2.17. The highest BCUT2D eigenvalue weighted by Crippen LogP contribution is 2.46. The first-order valence-corrected chi connectivity index (χ1v) is 13.6. The van der Waals surface area contributed by atoms with Gasteiger partial charge in [0, 0.05) is 10.8 Å². The summed E-state index contributed by atoms with van der Waals surface area (Å²) >= 11 is 7.67. The number of halogens is 2. The van der Waals surface area contributed by atoms with E-state index in [1.807, 2.05) is 0 Å². The Kier molecular flexibility index (Phi) is 8.17. The highest BCUT2D eigenvalue weighted by molar-refractivity contribution is 9.11. The largest absolute Gasteiger partial charge is 0.492 e. The molecule has 4 aromatic carbocycles. The first-order chi connectivity index (χ1) is 15.7. The topological polar surface area (TPSA) is 18.5 Å². The normalized spacial score (nSPS) is 11.8. The van der Waals surface area contributed by atoms with Crippen LogP contribution < -0.4 is 9.47 Å². The molecule has 32 heavy (non-hydrogen) atoms. The lowest BCUT2D eigenvalue weighted by Crippen LogP contribution is -2.00. The Morgan fingerprint density at radius 1 is 0.594 bits per heavy atom. The second-order valence-electron chi connectivity index (χ2n) is 8.62. The Morgan fingerprint density at radius 2 is 1.03 bits per heavy atom. The minimum absolute atomic E-state index is 0.761. The Hall–Kier alpha value is -1.52. The fourth-order valence-corrected chi connectivity index (χ4v) is 5.58. The van der Waals surface area contributed by atoms with Crippen LogP contribution in [-0.4, -0.2) is 13.2 Å². The molecule has 0 N–H and O–H groups in total. The van der Waals surface area contributed by atoms with Crippen LogP contribution in [0.3, 0.4) is 0 Å². The molecular weight excluding hydrogens is 528 g/mol. The molecule has 0 aromatic heterocycles. The molecule has 0 unspecified atom stereocenters. The van der Waals surface area contributed by atoms with Gasteiger partial charge in [-0.1, -0.05) is 76.6 Å². The van der Waals surface area contributed by atoms with Crippen molar-refractivity contribution in [3.63, 3.8) is 0 Å². The van der Waals surface area contributed by atoms with Crippen molar-refractivity contribution in [2.45, 2.75) is 65.2 Å². The smallest absolute Gasteiger partial charge is 0.134 e. The van der Waals surface area contributed by atoms with Crippen molar-refractivity contribution >= 4 is 64.2 Å². The van der Waals surface area contributed by atoms with Gasteiger partial charge in [0.2, 0.25) is 0 Å². The van der Waals surface area contributed by atoms with Crippen LogP contribution >= 0.6 is 31.9 Å². The van der Waals surface area contributed by atoms with Gasteiger partial charge in [0.1, 0.15) is 11.5 Å². The summed E-state index contributed by atoms with van der Waals surface area (Å²) in [4.78, 5) is 0. The van der Waals surface area contributed by atoms with Crippen LogP contribution in [-0.2, 0) is 0 Å². The van der Waals surface area contributed by atoms with E-state index in [2.05, 4.69) is 82.1 Å². The Morgan fingerprint density at radius 3 is 1.44 bits per heavy atom. The molecule has 0 heterocycles. The van der Waals surface area contributed by atoms with Crippen molar-refractivity contribution in [2.24, 2.45) is 0 Å². The molecule has 4 rings (SSSR count). The van der Waals surface area contributed by atoms with Gasteiger partial charge in [0.25, 0.3) is 0 Å². The molecule has 0 fully saturated rings. The predicted octanol–water partition coefficient (Wildman–Crippen LogP) is 10.0. The van der Waals surface area contributed by atoms with Crippen LogP contribution in [0, 0.1) is 0 Å². The van der Waals surface area contributed by atoms with E-state index in [-0.39, 0.29) is 0 Å². The molecule has 0 aliphatic rings. The molecule has 0 amide bonds. The molecule has 0 radical (unpaired) electrons. The predicted molar refractivity (Wildman–Crippen MR) is 145 cm³/mol. The molecule has 0 bridgehead atoms. The molecule has 0 spiro atoms. The van der Waals surface area contributed by atoms with Crippen molar-refractivity contribution in [3.05, 3.63) is 45.3 Å². The lowest BCUT2D eigenvalue weighted by atomic mass is 9.94. The number of benzene rings is 4. The van der Waals surface area contributed by atoms with Gasteiger partial charge in [0.15, 0.2) is 0 Å². The molecule has 0 saturated carbocycles. The van der Waals surface area contributed by atoms with E-state index < -0.39 is 0 Å². The number of rotatable bonds is 12. The van der Waals surface area contributed by atoms with Gasteiger partial charge in [-0.3, -0.25) is 0 Å². The van der Waals surface area contributed by atoms with Crippen LogP contribution in [0.2, 0.25) is 0 Å². The third-order valence-corrected chi connectivity index (χ3v) is 7.85. The monoisotopic (exact) mass is 558 g/mol. The molecule has 0 saturated heterocycles. The van der Waals surface area contributed by atoms with Crippen LogP contribution in [0.15, 0.2) is 45.3 Å². The van der Waals surface area contributed by atoms with Crippen LogP contribution in [0.1, 0.15) is 65.2 Å². The van der Waals surface area contributed by atoms with Gasteiger partial charge in [-0.15, -0.1) is 0 Å². The standard InChI is InChI=1S/C28H32Br2O2/c1-3-5-7-9-15-31-23-17-19-11-12-20-18-24(32-16-10-8-6-4-2)28(30)22-14-13-21(27(23)29)25(19)26(20)22/h11-14,17-18H,3-10,15-16H2,1-2H3. The van der Waals surface area contributed by atoms with E-state index in [9.17, 15) is 0 Å². The number of ether oxygens (including phenoxy) is 2. The van der Waals surface area contributed by atoms with Crippen molar-refractivity contribution in [2.75, 3.05) is 13.2 Å². The van der Waals surface area contributed by atoms with Gasteiger partial charge in [-0.05, 0) is 78.4 Å². The van der Waals surface area contributed by atoms with E-state index >= 15 is 0 Å². The zero-order chi connectivity index (χ0) is 22.5. The summed E-state index contributed by atoms with van der Waals surface area (Å²) in [5.41, 5.74) is 0. The lowest BCUT2D eigenvalue weighted by molar-refractivity contribution is 0.304. The summed E-state index contributed by atoms with van der Waals surface area (Å²) in [5, 5.41) is 7.38. The van der Waals surface area contributed by atoms with E-state index in [0.717, 1.165) is 46.5 Å². The van der Waals surface area contributed by atoms with Crippen molar-refractivity contribution in [1.29, 1.82) is 0 Å². The summed E-state index contributed by atoms with van der Waals surface area (Å²) < 4.78 is 14.4. The maximum Gasteiger partial charge on any atom is 0.134 e. The Bertz CT molecular complexity index is 1090. The minimum atomic E-state index is 0.761. The second-order valence-corrected chi connectivity index (χ2v) is 10.2. The SMILES string of the molecule is CCCCCCOc1cc2ccc3cc(OCCCCCC)c(Br)c4ccc(c1Br)c2c34. The summed E-state index contributed by atoms with van der Waals surface area (Å²) in [6, 6.07) is 13.2. The fourth-order valence-electron chi connectivity index (χ4n) is 4.46. The van der Waals surface area contributed by atoms with Crippen molar-refractivity contribution in [1.82, 2.24) is 0 Å². The number of unbranched alkanes of at least 4 members (excludes halogenated alkanes) is 6. The fraction of sp³-hybridized carbons (Fsp3) is 0.429. The maximum atomic E-state index is 6.17. The van der Waals surface area contributed by atoms with Gasteiger partial charge >= 0.3 is 0 Å². The Balaban J connectivity index is 1.67. The van der Waals surface area contributed by atoms with E-state index in [1.54, 1.807) is 0 Å². The first-order valence-electron chi connectivity index (χ1n) is 12.0. The third kappa shape index (κ3) is 4.87. The first kappa shape index (κ1) is 23.6. The zero-order valence-electron chi connectivity index (χ0n) is 19.1. The van der Waals surface area contributed by atoms with Gasteiger partial charge < -0.3 is 9.47 Å². The molecule has 4 aromatic rings. The average Bonchev–Trinajstić information content (AvgIpc) is 2.81. The van der Waals surface area contributed by atoms with E-state index in [4.69, 9.17) is 9.47 Å². The zero-order valence-corrected chi connectivity index (χ0v) is 22.3. The van der Waals surface area contributed by atoms with Crippen molar-refractivity contribution < 1.29 is 9.47 Å². The molecule has 0 aliphatic heterocycles. The maximum absolute atomic E-state index is 6.17. The number of hydrogen-bond donors (Lipinski definition) is 0. The third-order valence-electron chi connectivity index (χ3n) is 6.21.